The predicted octanol–water partition coefficient (Wildman–Crippen LogP) is 23.1. The fourth-order valence-corrected chi connectivity index (χ4v) is 13.6. The molecule has 0 aliphatic carbocycles. The van der Waals surface area contributed by atoms with Gasteiger partial charge in [-0.05, 0) is 37.5 Å². The summed E-state index contributed by atoms with van der Waals surface area (Å²) in [6, 6.07) is 0. The van der Waals surface area contributed by atoms with Crippen molar-refractivity contribution in [3.05, 3.63) is 0 Å². The smallest absolute Gasteiger partial charge is 0.462 e. The zero-order chi connectivity index (χ0) is 71.4. The third-order valence-corrected chi connectivity index (χ3v) is 20.5. The SMILES string of the molecule is CCCCCCCCCCCCCCCCCCCCCC(=O)O[C@H](COC(=O)CCCCCCCCCCCCCCC(C)C)COP(=O)(O)OC[C@@H](O)COP(=O)(O)OC[C@@H](COC(=O)CCCCCCCCC(C)CC)OC(=O)CCCCCCCCCCCCCCC. The zero-order valence-electron chi connectivity index (χ0n) is 63.4. The molecule has 0 rings (SSSR count). The van der Waals surface area contributed by atoms with Gasteiger partial charge in [0.15, 0.2) is 12.2 Å². The highest BCUT2D eigenvalue weighted by Crippen LogP contribution is 2.45. The topological polar surface area (TPSA) is 237 Å². The molecule has 97 heavy (non-hydrogen) atoms. The average Bonchev–Trinajstić information content (AvgIpc) is 1.26. The Kier molecular flexibility index (Phi) is 68.4. The number of unbranched alkanes of at least 4 members (excludes halogenated alkanes) is 46. The molecule has 0 radical (unpaired) electrons. The third-order valence-electron chi connectivity index (χ3n) is 18.6. The van der Waals surface area contributed by atoms with E-state index in [1.54, 1.807) is 0 Å². The molecular weight excluding hydrogens is 1270 g/mol. The Morgan fingerprint density at radius 2 is 0.526 bits per heavy atom. The van der Waals surface area contributed by atoms with Crippen molar-refractivity contribution >= 4 is 39.5 Å². The number of carbonyl (C=O) groups excluding carboxylic acids is 4. The minimum absolute atomic E-state index is 0.107. The number of carbonyl (C=O) groups is 4. The van der Waals surface area contributed by atoms with Gasteiger partial charge < -0.3 is 33.8 Å². The predicted molar refractivity (Wildman–Crippen MR) is 395 cm³/mol. The molecule has 0 aromatic carbocycles. The number of esters is 4. The van der Waals surface area contributed by atoms with Crippen LogP contribution in [0.1, 0.15) is 408 Å². The standard InChI is InChI=1S/C78H152O17P2/c1-7-10-12-14-16-18-20-22-23-24-25-26-27-29-35-39-43-51-57-63-77(82)94-73(66-88-75(80)60-54-48-41-37-33-31-30-32-36-40-46-52-58-70(4)5)68-92-96(84,85)90-64-72(79)65-91-97(86,87)93-69-74(67-89-76(81)61-55-49-45-44-47-53-59-71(6)9-3)95-78(83)62-56-50-42-38-34-28-21-19-17-15-13-11-8-2/h70-74,79H,7-69H2,1-6H3,(H,84,85)(H,86,87)/t71?,72-,73-,74-/m1/s1. The first-order valence-electron chi connectivity index (χ1n) is 40.5. The van der Waals surface area contributed by atoms with Gasteiger partial charge in [0.25, 0.3) is 0 Å². The molecule has 0 amide bonds. The van der Waals surface area contributed by atoms with Gasteiger partial charge in [-0.2, -0.15) is 0 Å². The molecule has 3 unspecified atom stereocenters. The fourth-order valence-electron chi connectivity index (χ4n) is 12.0. The van der Waals surface area contributed by atoms with Crippen LogP contribution in [0.2, 0.25) is 0 Å². The first kappa shape index (κ1) is 95.1. The molecule has 0 aliphatic rings. The van der Waals surface area contributed by atoms with Crippen molar-refractivity contribution in [2.75, 3.05) is 39.6 Å². The number of hydrogen-bond donors (Lipinski definition) is 3. The van der Waals surface area contributed by atoms with Crippen LogP contribution in [-0.4, -0.2) is 96.7 Å². The van der Waals surface area contributed by atoms with Crippen molar-refractivity contribution in [2.45, 2.75) is 426 Å². The number of phosphoric ester groups is 2. The van der Waals surface area contributed by atoms with Gasteiger partial charge in [0, 0.05) is 25.7 Å². The Morgan fingerprint density at radius 1 is 0.299 bits per heavy atom. The zero-order valence-corrected chi connectivity index (χ0v) is 65.2. The molecule has 0 saturated carbocycles. The van der Waals surface area contributed by atoms with Crippen LogP contribution in [0.25, 0.3) is 0 Å². The lowest BCUT2D eigenvalue weighted by atomic mass is 10.00. The number of ether oxygens (including phenoxy) is 4. The Balaban J connectivity index is 5.24. The van der Waals surface area contributed by atoms with Crippen LogP contribution in [0.15, 0.2) is 0 Å². The summed E-state index contributed by atoms with van der Waals surface area (Å²) in [5, 5.41) is 10.6. The molecule has 0 spiro atoms. The highest BCUT2D eigenvalue weighted by atomic mass is 31.2. The van der Waals surface area contributed by atoms with E-state index in [0.717, 1.165) is 108 Å². The average molecular weight is 1420 g/mol. The summed E-state index contributed by atoms with van der Waals surface area (Å²) in [4.78, 5) is 72.9. The maximum absolute atomic E-state index is 13.1. The summed E-state index contributed by atoms with van der Waals surface area (Å²) in [5.74, 6) is -0.600. The molecular formula is C78H152O17P2. The van der Waals surface area contributed by atoms with E-state index < -0.39 is 97.5 Å². The summed E-state index contributed by atoms with van der Waals surface area (Å²) in [6.45, 7) is 9.59. The van der Waals surface area contributed by atoms with Gasteiger partial charge in [-0.25, -0.2) is 9.13 Å². The fraction of sp³-hybridized carbons (Fsp3) is 0.949. The lowest BCUT2D eigenvalue weighted by molar-refractivity contribution is -0.161. The normalized spacial score (nSPS) is 14.2. The molecule has 0 aliphatic heterocycles. The van der Waals surface area contributed by atoms with Crippen LogP contribution >= 0.6 is 15.6 Å². The Labute approximate surface area is 594 Å². The Bertz CT molecular complexity index is 1870. The van der Waals surface area contributed by atoms with E-state index in [9.17, 15) is 43.2 Å². The third kappa shape index (κ3) is 70.9. The van der Waals surface area contributed by atoms with E-state index in [2.05, 4.69) is 41.5 Å². The maximum Gasteiger partial charge on any atom is 0.472 e. The number of phosphoric acid groups is 2. The lowest BCUT2D eigenvalue weighted by Gasteiger charge is -2.21. The molecule has 0 bridgehead atoms. The van der Waals surface area contributed by atoms with Gasteiger partial charge in [0.05, 0.1) is 26.4 Å². The van der Waals surface area contributed by atoms with Crippen LogP contribution in [0.4, 0.5) is 0 Å². The van der Waals surface area contributed by atoms with Crippen molar-refractivity contribution in [3.63, 3.8) is 0 Å². The second-order valence-corrected chi connectivity index (χ2v) is 31.7. The molecule has 6 atom stereocenters. The molecule has 0 fully saturated rings. The summed E-state index contributed by atoms with van der Waals surface area (Å²) < 4.78 is 68.6. The summed E-state index contributed by atoms with van der Waals surface area (Å²) in [7, 11) is -9.91. The monoisotopic (exact) mass is 1420 g/mol. The molecule has 0 saturated heterocycles. The van der Waals surface area contributed by atoms with Crippen LogP contribution in [0, 0.1) is 11.8 Å². The summed E-state index contributed by atoms with van der Waals surface area (Å²) in [6.07, 6.45) is 58.3. The van der Waals surface area contributed by atoms with Crippen LogP contribution in [0.5, 0.6) is 0 Å². The first-order chi connectivity index (χ1) is 46.9. The number of aliphatic hydroxyl groups is 1. The van der Waals surface area contributed by atoms with Gasteiger partial charge in [-0.3, -0.25) is 37.3 Å². The van der Waals surface area contributed by atoms with Crippen molar-refractivity contribution in [1.29, 1.82) is 0 Å². The van der Waals surface area contributed by atoms with Crippen LogP contribution < -0.4 is 0 Å². The van der Waals surface area contributed by atoms with Gasteiger partial charge in [-0.1, -0.05) is 356 Å². The van der Waals surface area contributed by atoms with Gasteiger partial charge in [0.1, 0.15) is 19.3 Å². The largest absolute Gasteiger partial charge is 0.472 e. The first-order valence-corrected chi connectivity index (χ1v) is 43.5. The minimum Gasteiger partial charge on any atom is -0.462 e. The number of hydrogen-bond acceptors (Lipinski definition) is 15. The van der Waals surface area contributed by atoms with Crippen molar-refractivity contribution in [1.82, 2.24) is 0 Å². The van der Waals surface area contributed by atoms with Crippen molar-refractivity contribution in [3.8, 4) is 0 Å². The lowest BCUT2D eigenvalue weighted by Crippen LogP contribution is -2.30. The Morgan fingerprint density at radius 3 is 0.784 bits per heavy atom. The molecule has 576 valence electrons. The van der Waals surface area contributed by atoms with Crippen molar-refractivity contribution in [2.24, 2.45) is 11.8 Å². The number of rotatable bonds is 77. The van der Waals surface area contributed by atoms with Crippen LogP contribution in [-0.2, 0) is 65.4 Å². The Hall–Kier alpha value is -1.94. The molecule has 17 nitrogen and oxygen atoms in total. The van der Waals surface area contributed by atoms with Gasteiger partial charge in [0.2, 0.25) is 0 Å². The number of aliphatic hydroxyl groups excluding tert-OH is 1. The highest BCUT2D eigenvalue weighted by molar-refractivity contribution is 7.47. The van der Waals surface area contributed by atoms with E-state index >= 15 is 0 Å². The van der Waals surface area contributed by atoms with E-state index in [0.29, 0.717) is 25.7 Å². The quantitative estimate of drug-likeness (QED) is 0.0222. The maximum atomic E-state index is 13.1. The van der Waals surface area contributed by atoms with Crippen LogP contribution in [0.3, 0.4) is 0 Å². The minimum atomic E-state index is -4.96. The highest BCUT2D eigenvalue weighted by Gasteiger charge is 2.30. The molecule has 19 heteroatoms. The second-order valence-electron chi connectivity index (χ2n) is 28.8. The van der Waals surface area contributed by atoms with Gasteiger partial charge >= 0.3 is 39.5 Å². The summed E-state index contributed by atoms with van der Waals surface area (Å²) >= 11 is 0. The van der Waals surface area contributed by atoms with E-state index in [4.69, 9.17) is 37.0 Å². The molecule has 0 heterocycles. The van der Waals surface area contributed by atoms with E-state index in [1.165, 1.54) is 218 Å². The van der Waals surface area contributed by atoms with E-state index in [1.807, 2.05) is 0 Å². The van der Waals surface area contributed by atoms with Gasteiger partial charge in [-0.15, -0.1) is 0 Å². The van der Waals surface area contributed by atoms with E-state index in [-0.39, 0.29) is 25.7 Å². The molecule has 0 aromatic rings. The molecule has 0 aromatic heterocycles. The molecule has 3 N–H and O–H groups in total. The van der Waals surface area contributed by atoms with Crippen molar-refractivity contribution < 1.29 is 80.2 Å². The summed E-state index contributed by atoms with van der Waals surface area (Å²) in [5.41, 5.74) is 0. The second kappa shape index (κ2) is 69.8.